The highest BCUT2D eigenvalue weighted by Crippen LogP contribution is 2.33. The monoisotopic (exact) mass is 431 g/mol. The Labute approximate surface area is 179 Å². The zero-order valence-electron chi connectivity index (χ0n) is 15.8. The molecular weight excluding hydrogens is 418 g/mol. The minimum atomic E-state index is -0.768. The van der Waals surface area contributed by atoms with Crippen LogP contribution in [-0.4, -0.2) is 27.7 Å². The molecule has 9 heteroatoms. The molecule has 0 bridgehead atoms. The first-order chi connectivity index (χ1) is 15.0. The van der Waals surface area contributed by atoms with Crippen molar-refractivity contribution in [2.45, 2.75) is 6.61 Å². The molecule has 1 aliphatic rings. The second kappa shape index (κ2) is 7.29. The predicted octanol–water partition coefficient (Wildman–Crippen LogP) is 3.51. The number of nitrogens with zero attached hydrogens (tertiary/aromatic N) is 2. The summed E-state index contributed by atoms with van der Waals surface area (Å²) in [5.74, 6) is -0.973. The number of fused-ring (bicyclic) bond motifs is 2. The fourth-order valence-corrected chi connectivity index (χ4v) is 4.06. The van der Waals surface area contributed by atoms with Gasteiger partial charge in [0.2, 0.25) is 5.82 Å². The molecule has 0 saturated heterocycles. The number of carbonyl (C=O) groups is 3. The third kappa shape index (κ3) is 3.11. The van der Waals surface area contributed by atoms with E-state index in [0.717, 1.165) is 4.88 Å². The summed E-state index contributed by atoms with van der Waals surface area (Å²) >= 11 is 1.45. The lowest BCUT2D eigenvalue weighted by molar-refractivity contribution is 0.0431. The molecule has 4 aromatic rings. The van der Waals surface area contributed by atoms with Gasteiger partial charge in [-0.05, 0) is 23.6 Å². The molecule has 0 saturated carbocycles. The fourth-order valence-electron chi connectivity index (χ4n) is 3.41. The zero-order chi connectivity index (χ0) is 21.5. The van der Waals surface area contributed by atoms with Crippen molar-refractivity contribution >= 4 is 34.6 Å². The lowest BCUT2D eigenvalue weighted by atomic mass is 9.82. The van der Waals surface area contributed by atoms with Gasteiger partial charge in [-0.25, -0.2) is 4.79 Å². The number of anilines is 1. The molecule has 2 heterocycles. The Morgan fingerprint density at radius 1 is 1.00 bits per heavy atom. The maximum absolute atomic E-state index is 12.9. The number of benzene rings is 2. The molecule has 0 radical (unpaired) electrons. The molecule has 1 aliphatic carbocycles. The van der Waals surface area contributed by atoms with Gasteiger partial charge < -0.3 is 15.0 Å². The molecule has 0 aliphatic heterocycles. The predicted molar refractivity (Wildman–Crippen MR) is 111 cm³/mol. The molecule has 8 nitrogen and oxygen atoms in total. The van der Waals surface area contributed by atoms with Gasteiger partial charge in [0.05, 0.1) is 21.7 Å². The van der Waals surface area contributed by atoms with Crippen LogP contribution in [0.3, 0.4) is 0 Å². The van der Waals surface area contributed by atoms with Crippen molar-refractivity contribution in [3.63, 3.8) is 0 Å². The third-order valence-corrected chi connectivity index (χ3v) is 5.76. The number of rotatable bonds is 4. The summed E-state index contributed by atoms with van der Waals surface area (Å²) in [6, 6.07) is 13.0. The van der Waals surface area contributed by atoms with Crippen LogP contribution < -0.4 is 5.73 Å². The average molecular weight is 431 g/mol. The highest BCUT2D eigenvalue weighted by molar-refractivity contribution is 7.13. The van der Waals surface area contributed by atoms with E-state index in [1.54, 1.807) is 24.3 Å². The SMILES string of the molecule is Nc1c(C(=O)OCc2nc(-c3cccs3)no2)ccc2c1C(=O)c1ccccc1C2=O. The van der Waals surface area contributed by atoms with Gasteiger partial charge in [-0.15, -0.1) is 11.3 Å². The van der Waals surface area contributed by atoms with Crippen LogP contribution in [0.5, 0.6) is 0 Å². The second-order valence-corrected chi connectivity index (χ2v) is 7.67. The van der Waals surface area contributed by atoms with Crippen LogP contribution in [0.2, 0.25) is 0 Å². The van der Waals surface area contributed by atoms with Crippen molar-refractivity contribution in [3.8, 4) is 10.7 Å². The van der Waals surface area contributed by atoms with E-state index in [1.807, 2.05) is 17.5 Å². The Balaban J connectivity index is 1.39. The highest BCUT2D eigenvalue weighted by Gasteiger charge is 2.33. The number of aromatic nitrogens is 2. The molecule has 31 heavy (non-hydrogen) atoms. The number of thiophene rings is 1. The molecule has 2 N–H and O–H groups in total. The van der Waals surface area contributed by atoms with Crippen LogP contribution >= 0.6 is 11.3 Å². The van der Waals surface area contributed by atoms with E-state index in [0.29, 0.717) is 11.4 Å². The minimum Gasteiger partial charge on any atom is -0.452 e. The first-order valence-electron chi connectivity index (χ1n) is 9.19. The van der Waals surface area contributed by atoms with Gasteiger partial charge in [-0.1, -0.05) is 35.5 Å². The first-order valence-corrected chi connectivity index (χ1v) is 10.1. The van der Waals surface area contributed by atoms with Crippen molar-refractivity contribution < 1.29 is 23.6 Å². The first kappa shape index (κ1) is 18.9. The maximum atomic E-state index is 12.9. The van der Waals surface area contributed by atoms with Gasteiger partial charge in [0.25, 0.3) is 5.89 Å². The van der Waals surface area contributed by atoms with Crippen LogP contribution in [0.1, 0.15) is 48.1 Å². The van der Waals surface area contributed by atoms with Gasteiger partial charge in [0.1, 0.15) is 0 Å². The summed E-state index contributed by atoms with van der Waals surface area (Å²) in [6.45, 7) is -0.260. The van der Waals surface area contributed by atoms with Crippen LogP contribution in [-0.2, 0) is 11.3 Å². The number of hydrogen-bond acceptors (Lipinski definition) is 9. The van der Waals surface area contributed by atoms with Crippen molar-refractivity contribution in [1.82, 2.24) is 10.1 Å². The molecule has 0 amide bonds. The average Bonchev–Trinajstić information content (AvgIpc) is 3.47. The highest BCUT2D eigenvalue weighted by atomic mass is 32.1. The van der Waals surface area contributed by atoms with E-state index < -0.39 is 11.8 Å². The van der Waals surface area contributed by atoms with Crippen LogP contribution in [0.4, 0.5) is 5.69 Å². The van der Waals surface area contributed by atoms with Gasteiger partial charge in [0.15, 0.2) is 18.2 Å². The molecular formula is C22H13N3O5S. The number of ether oxygens (including phenoxy) is 1. The van der Waals surface area contributed by atoms with E-state index in [9.17, 15) is 14.4 Å². The number of carbonyl (C=O) groups excluding carboxylic acids is 3. The molecule has 0 unspecified atom stereocenters. The molecule has 152 valence electrons. The topological polar surface area (TPSA) is 125 Å². The molecule has 2 aromatic heterocycles. The van der Waals surface area contributed by atoms with E-state index in [-0.39, 0.29) is 46.2 Å². The van der Waals surface area contributed by atoms with Crippen molar-refractivity contribution in [2.75, 3.05) is 5.73 Å². The molecule has 0 atom stereocenters. The Bertz CT molecular complexity index is 1360. The Morgan fingerprint density at radius 3 is 2.52 bits per heavy atom. The van der Waals surface area contributed by atoms with Crippen LogP contribution in [0, 0.1) is 0 Å². The largest absolute Gasteiger partial charge is 0.452 e. The number of nitrogens with two attached hydrogens (primary N) is 1. The third-order valence-electron chi connectivity index (χ3n) is 4.89. The van der Waals surface area contributed by atoms with Crippen molar-refractivity contribution in [2.24, 2.45) is 0 Å². The van der Waals surface area contributed by atoms with Crippen molar-refractivity contribution in [3.05, 3.63) is 87.6 Å². The van der Waals surface area contributed by atoms with Gasteiger partial charge in [-0.3, -0.25) is 9.59 Å². The Morgan fingerprint density at radius 2 is 1.77 bits per heavy atom. The normalized spacial score (nSPS) is 12.4. The van der Waals surface area contributed by atoms with Crippen molar-refractivity contribution in [1.29, 1.82) is 0 Å². The smallest absolute Gasteiger partial charge is 0.340 e. The lowest BCUT2D eigenvalue weighted by Crippen LogP contribution is -2.24. The molecule has 0 spiro atoms. The number of esters is 1. The molecule has 2 aromatic carbocycles. The van der Waals surface area contributed by atoms with Gasteiger partial charge in [-0.2, -0.15) is 4.98 Å². The Kier molecular flexibility index (Phi) is 4.45. The van der Waals surface area contributed by atoms with E-state index in [4.69, 9.17) is 15.0 Å². The second-order valence-electron chi connectivity index (χ2n) is 6.72. The van der Waals surface area contributed by atoms with E-state index >= 15 is 0 Å². The zero-order valence-corrected chi connectivity index (χ0v) is 16.6. The standard InChI is InChI=1S/C22H13N3O5S/c23-18-14(22(28)29-10-16-24-21(25-30-16)15-6-3-9-31-15)8-7-13-17(18)20(27)12-5-2-1-4-11(12)19(13)26/h1-9H,10,23H2. The van der Waals surface area contributed by atoms with Crippen LogP contribution in [0.25, 0.3) is 10.7 Å². The number of ketones is 2. The van der Waals surface area contributed by atoms with E-state index in [2.05, 4.69) is 10.1 Å². The molecule has 5 rings (SSSR count). The minimum absolute atomic E-state index is 0.0101. The summed E-state index contributed by atoms with van der Waals surface area (Å²) in [4.78, 5) is 43.3. The fraction of sp³-hybridized carbons (Fsp3) is 0.0455. The van der Waals surface area contributed by atoms with Crippen LogP contribution in [0.15, 0.2) is 58.4 Å². The summed E-state index contributed by atoms with van der Waals surface area (Å²) in [7, 11) is 0. The summed E-state index contributed by atoms with van der Waals surface area (Å²) < 4.78 is 10.3. The van der Waals surface area contributed by atoms with Gasteiger partial charge in [0, 0.05) is 16.7 Å². The van der Waals surface area contributed by atoms with Gasteiger partial charge >= 0.3 is 5.97 Å². The summed E-state index contributed by atoms with van der Waals surface area (Å²) in [5, 5.41) is 5.73. The summed E-state index contributed by atoms with van der Waals surface area (Å²) in [5.41, 5.74) is 6.75. The quantitative estimate of drug-likeness (QED) is 0.338. The number of nitrogen functional groups attached to an aromatic ring is 1. The number of hydrogen-bond donors (Lipinski definition) is 1. The lowest BCUT2D eigenvalue weighted by Gasteiger charge is -2.20. The molecule has 0 fully saturated rings. The Hall–Kier alpha value is -4.11. The maximum Gasteiger partial charge on any atom is 0.340 e. The van der Waals surface area contributed by atoms with E-state index in [1.165, 1.54) is 23.5 Å². The summed E-state index contributed by atoms with van der Waals surface area (Å²) in [6.07, 6.45) is 0.